The minimum absolute atomic E-state index is 0.317. The van der Waals surface area contributed by atoms with Crippen LogP contribution >= 0.6 is 0 Å². The van der Waals surface area contributed by atoms with Crippen LogP contribution in [0, 0.1) is 0 Å². The van der Waals surface area contributed by atoms with Crippen LogP contribution in [-0.4, -0.2) is 15.2 Å². The number of rotatable bonds is 2. The van der Waals surface area contributed by atoms with Gasteiger partial charge >= 0.3 is 5.69 Å². The molecule has 2 aromatic rings. The summed E-state index contributed by atoms with van der Waals surface area (Å²) in [6.45, 7) is 0. The van der Waals surface area contributed by atoms with Gasteiger partial charge < -0.3 is 5.73 Å². The molecular weight excluding hydrogens is 192 g/mol. The molecule has 0 saturated heterocycles. The predicted octanol–water partition coefficient (Wildman–Crippen LogP) is 0.851. The molecule has 0 aliphatic carbocycles. The Morgan fingerprint density at radius 3 is 2.87 bits per heavy atom. The molecular formula is C10H10N4O. The zero-order chi connectivity index (χ0) is 10.7. The number of nitrogens with one attached hydrogen (secondary N) is 2. The van der Waals surface area contributed by atoms with E-state index in [1.807, 2.05) is 30.3 Å². The van der Waals surface area contributed by atoms with Gasteiger partial charge in [-0.05, 0) is 23.8 Å². The van der Waals surface area contributed by atoms with Gasteiger partial charge in [-0.2, -0.15) is 5.10 Å². The fourth-order valence-corrected chi connectivity index (χ4v) is 1.20. The van der Waals surface area contributed by atoms with E-state index in [1.54, 1.807) is 6.08 Å². The van der Waals surface area contributed by atoms with E-state index in [-0.39, 0.29) is 5.69 Å². The van der Waals surface area contributed by atoms with Crippen molar-refractivity contribution in [2.75, 3.05) is 5.73 Å². The van der Waals surface area contributed by atoms with Gasteiger partial charge in [-0.1, -0.05) is 18.2 Å². The Labute approximate surface area is 85.6 Å². The summed E-state index contributed by atoms with van der Waals surface area (Å²) in [6, 6.07) is 7.43. The molecule has 76 valence electrons. The minimum Gasteiger partial charge on any atom is -0.399 e. The molecule has 0 aliphatic heterocycles. The minimum atomic E-state index is -0.317. The highest BCUT2D eigenvalue weighted by atomic mass is 16.1. The summed E-state index contributed by atoms with van der Waals surface area (Å²) in [5.41, 5.74) is 6.96. The van der Waals surface area contributed by atoms with Gasteiger partial charge in [0.15, 0.2) is 5.82 Å². The van der Waals surface area contributed by atoms with Crippen molar-refractivity contribution in [3.8, 4) is 0 Å². The van der Waals surface area contributed by atoms with Gasteiger partial charge in [0.05, 0.1) is 0 Å². The highest BCUT2D eigenvalue weighted by molar-refractivity contribution is 5.68. The van der Waals surface area contributed by atoms with Gasteiger partial charge in [0.2, 0.25) is 0 Å². The van der Waals surface area contributed by atoms with E-state index < -0.39 is 0 Å². The van der Waals surface area contributed by atoms with Crippen LogP contribution in [0.5, 0.6) is 0 Å². The smallest absolute Gasteiger partial charge is 0.340 e. The average molecular weight is 202 g/mol. The predicted molar refractivity (Wildman–Crippen MR) is 59.0 cm³/mol. The summed E-state index contributed by atoms with van der Waals surface area (Å²) in [5.74, 6) is 0.488. The molecule has 15 heavy (non-hydrogen) atoms. The topological polar surface area (TPSA) is 87.6 Å². The van der Waals surface area contributed by atoms with Crippen LogP contribution in [0.1, 0.15) is 11.4 Å². The second kappa shape index (κ2) is 3.83. The number of nitrogen functional groups attached to an aromatic ring is 1. The summed E-state index contributed by atoms with van der Waals surface area (Å²) < 4.78 is 0. The first-order chi connectivity index (χ1) is 7.24. The zero-order valence-corrected chi connectivity index (χ0v) is 7.90. The molecule has 0 spiro atoms. The number of aromatic amines is 2. The lowest BCUT2D eigenvalue weighted by molar-refractivity contribution is 1.05. The largest absolute Gasteiger partial charge is 0.399 e. The van der Waals surface area contributed by atoms with Crippen molar-refractivity contribution in [3.05, 3.63) is 46.1 Å². The van der Waals surface area contributed by atoms with E-state index in [9.17, 15) is 4.79 Å². The third kappa shape index (κ3) is 2.34. The molecule has 1 aromatic carbocycles. The fourth-order valence-electron chi connectivity index (χ4n) is 1.20. The first-order valence-electron chi connectivity index (χ1n) is 4.42. The van der Waals surface area contributed by atoms with E-state index in [0.29, 0.717) is 11.5 Å². The lowest BCUT2D eigenvalue weighted by atomic mass is 10.2. The van der Waals surface area contributed by atoms with Crippen molar-refractivity contribution in [2.45, 2.75) is 0 Å². The highest BCUT2D eigenvalue weighted by Crippen LogP contribution is 2.09. The van der Waals surface area contributed by atoms with Crippen molar-refractivity contribution in [3.63, 3.8) is 0 Å². The van der Waals surface area contributed by atoms with E-state index >= 15 is 0 Å². The lowest BCUT2D eigenvalue weighted by Crippen LogP contribution is -2.00. The van der Waals surface area contributed by atoms with Gasteiger partial charge in [-0.15, -0.1) is 0 Å². The van der Waals surface area contributed by atoms with Gasteiger partial charge in [0.1, 0.15) is 0 Å². The van der Waals surface area contributed by atoms with E-state index in [2.05, 4.69) is 15.2 Å². The van der Waals surface area contributed by atoms with Crippen molar-refractivity contribution in [1.29, 1.82) is 0 Å². The maximum atomic E-state index is 10.7. The number of nitrogens with two attached hydrogens (primary N) is 1. The number of hydrogen-bond acceptors (Lipinski definition) is 3. The van der Waals surface area contributed by atoms with Gasteiger partial charge in [0, 0.05) is 5.69 Å². The molecule has 4 N–H and O–H groups in total. The Balaban J connectivity index is 2.21. The molecule has 2 rings (SSSR count). The summed E-state index contributed by atoms with van der Waals surface area (Å²) in [5, 5.41) is 6.02. The number of anilines is 1. The van der Waals surface area contributed by atoms with Gasteiger partial charge in [-0.25, -0.2) is 9.89 Å². The molecule has 5 nitrogen and oxygen atoms in total. The third-order valence-electron chi connectivity index (χ3n) is 1.86. The molecule has 0 fully saturated rings. The molecule has 0 radical (unpaired) electrons. The number of benzene rings is 1. The second-order valence-corrected chi connectivity index (χ2v) is 3.07. The van der Waals surface area contributed by atoms with Crippen molar-refractivity contribution in [2.24, 2.45) is 0 Å². The molecule has 0 unspecified atom stereocenters. The van der Waals surface area contributed by atoms with E-state index in [4.69, 9.17) is 5.73 Å². The molecule has 0 amide bonds. The molecule has 1 aromatic heterocycles. The Bertz CT molecular complexity index is 538. The Morgan fingerprint density at radius 1 is 1.33 bits per heavy atom. The quantitative estimate of drug-likeness (QED) is 0.631. The molecule has 0 atom stereocenters. The Morgan fingerprint density at radius 2 is 2.20 bits per heavy atom. The number of nitrogens with zero attached hydrogens (tertiary/aromatic N) is 1. The van der Waals surface area contributed by atoms with Crippen LogP contribution in [0.25, 0.3) is 12.2 Å². The van der Waals surface area contributed by atoms with Crippen molar-refractivity contribution >= 4 is 17.8 Å². The van der Waals surface area contributed by atoms with Crippen molar-refractivity contribution in [1.82, 2.24) is 15.2 Å². The molecule has 0 saturated carbocycles. The number of aromatic nitrogens is 3. The number of H-pyrrole nitrogens is 2. The van der Waals surface area contributed by atoms with Gasteiger partial charge in [0.25, 0.3) is 0 Å². The normalized spacial score (nSPS) is 10.9. The third-order valence-corrected chi connectivity index (χ3v) is 1.86. The summed E-state index contributed by atoms with van der Waals surface area (Å²) in [6.07, 6.45) is 3.52. The van der Waals surface area contributed by atoms with Crippen LogP contribution in [-0.2, 0) is 0 Å². The van der Waals surface area contributed by atoms with E-state index in [1.165, 1.54) is 0 Å². The van der Waals surface area contributed by atoms with Gasteiger partial charge in [-0.3, -0.25) is 4.98 Å². The van der Waals surface area contributed by atoms with Crippen molar-refractivity contribution < 1.29 is 0 Å². The monoisotopic (exact) mass is 202 g/mol. The summed E-state index contributed by atoms with van der Waals surface area (Å²) in [7, 11) is 0. The average Bonchev–Trinajstić information content (AvgIpc) is 2.62. The van der Waals surface area contributed by atoms with Crippen LogP contribution in [0.15, 0.2) is 29.1 Å². The maximum Gasteiger partial charge on any atom is 0.340 e. The highest BCUT2D eigenvalue weighted by Gasteiger charge is 1.92. The second-order valence-electron chi connectivity index (χ2n) is 3.07. The van der Waals surface area contributed by atoms with Crippen LogP contribution < -0.4 is 11.4 Å². The Hall–Kier alpha value is -2.30. The van der Waals surface area contributed by atoms with Crippen LogP contribution in [0.4, 0.5) is 5.69 Å². The SMILES string of the molecule is Nc1cccc(/C=C/c2n[nH]c(=O)[nH]2)c1. The summed E-state index contributed by atoms with van der Waals surface area (Å²) in [4.78, 5) is 13.2. The maximum absolute atomic E-state index is 10.7. The zero-order valence-electron chi connectivity index (χ0n) is 7.90. The Kier molecular flexibility index (Phi) is 2.37. The number of hydrogen-bond donors (Lipinski definition) is 3. The first kappa shape index (κ1) is 9.26. The molecule has 0 aliphatic rings. The summed E-state index contributed by atoms with van der Waals surface area (Å²) >= 11 is 0. The fraction of sp³-hybridized carbons (Fsp3) is 0. The van der Waals surface area contributed by atoms with Crippen LogP contribution in [0.3, 0.4) is 0 Å². The first-order valence-corrected chi connectivity index (χ1v) is 4.42. The standard InChI is InChI=1S/C10H10N4O/c11-8-3-1-2-7(6-8)4-5-9-12-10(15)14-13-9/h1-6H,11H2,(H2,12,13,14,15)/b5-4+. The lowest BCUT2D eigenvalue weighted by Gasteiger charge is -1.94. The molecule has 5 heteroatoms. The van der Waals surface area contributed by atoms with Crippen LogP contribution in [0.2, 0.25) is 0 Å². The van der Waals surface area contributed by atoms with E-state index in [0.717, 1.165) is 5.56 Å². The molecule has 1 heterocycles. The molecule has 0 bridgehead atoms.